The van der Waals surface area contributed by atoms with E-state index in [4.69, 9.17) is 22.4 Å². The van der Waals surface area contributed by atoms with Crippen LogP contribution in [0.5, 0.6) is 0 Å². The minimum Gasteiger partial charge on any atom is -0.308 e. The molecule has 1 fully saturated rings. The van der Waals surface area contributed by atoms with Gasteiger partial charge in [-0.05, 0) is 31.0 Å². The fourth-order valence-corrected chi connectivity index (χ4v) is 3.20. The van der Waals surface area contributed by atoms with Gasteiger partial charge in [0.15, 0.2) is 0 Å². The van der Waals surface area contributed by atoms with Gasteiger partial charge in [-0.3, -0.25) is 4.99 Å². The fraction of sp³-hybridized carbons (Fsp3) is 0.500. The summed E-state index contributed by atoms with van der Waals surface area (Å²) in [5, 5.41) is 0.652. The maximum absolute atomic E-state index is 6.25. The molecule has 0 spiro atoms. The molecule has 2 rings (SSSR count). The number of nitrogens with one attached hydrogen (secondary N) is 1. The number of hydrazine groups is 1. The molecule has 3 nitrogen and oxygen atoms in total. The monoisotopic (exact) mass is 343 g/mol. The first kappa shape index (κ1) is 14.8. The second-order valence-electron chi connectivity index (χ2n) is 4.89. The van der Waals surface area contributed by atoms with E-state index in [1.165, 1.54) is 25.7 Å². The minimum absolute atomic E-state index is 0.355. The Labute approximate surface area is 127 Å². The molecule has 1 aromatic carbocycles. The predicted molar refractivity (Wildman–Crippen MR) is 84.5 cm³/mol. The van der Waals surface area contributed by atoms with Crippen molar-refractivity contribution < 1.29 is 0 Å². The zero-order valence-corrected chi connectivity index (χ0v) is 13.2. The van der Waals surface area contributed by atoms with E-state index in [0.717, 1.165) is 22.9 Å². The van der Waals surface area contributed by atoms with Crippen LogP contribution in [0.1, 0.15) is 44.1 Å². The topological polar surface area (TPSA) is 50.4 Å². The lowest BCUT2D eigenvalue weighted by molar-refractivity contribution is 0.583. The SMILES string of the molecule is NNC(=NC1CCCCCC1)c1ccc(Br)cc1Cl. The number of benzene rings is 1. The van der Waals surface area contributed by atoms with Crippen LogP contribution < -0.4 is 11.3 Å². The average Bonchev–Trinajstić information content (AvgIpc) is 2.65. The summed E-state index contributed by atoms with van der Waals surface area (Å²) in [6.07, 6.45) is 7.41. The highest BCUT2D eigenvalue weighted by Gasteiger charge is 2.14. The molecular weight excluding hydrogens is 326 g/mol. The van der Waals surface area contributed by atoms with Crippen molar-refractivity contribution in [1.29, 1.82) is 0 Å². The molecule has 0 heterocycles. The zero-order valence-electron chi connectivity index (χ0n) is 10.8. The number of amidine groups is 1. The number of hydrogen-bond donors (Lipinski definition) is 2. The highest BCUT2D eigenvalue weighted by molar-refractivity contribution is 9.10. The van der Waals surface area contributed by atoms with E-state index in [1.807, 2.05) is 18.2 Å². The zero-order chi connectivity index (χ0) is 13.7. The van der Waals surface area contributed by atoms with Crippen molar-refractivity contribution >= 4 is 33.4 Å². The number of nitrogens with zero attached hydrogens (tertiary/aromatic N) is 1. The lowest BCUT2D eigenvalue weighted by Crippen LogP contribution is -2.32. The van der Waals surface area contributed by atoms with Crippen LogP contribution in [-0.4, -0.2) is 11.9 Å². The van der Waals surface area contributed by atoms with E-state index in [0.29, 0.717) is 16.9 Å². The Balaban J connectivity index is 2.22. The summed E-state index contributed by atoms with van der Waals surface area (Å²) in [6, 6.07) is 6.09. The molecule has 5 heteroatoms. The molecule has 1 saturated carbocycles. The van der Waals surface area contributed by atoms with Crippen LogP contribution in [-0.2, 0) is 0 Å². The van der Waals surface area contributed by atoms with Crippen molar-refractivity contribution in [1.82, 2.24) is 5.43 Å². The van der Waals surface area contributed by atoms with E-state index in [2.05, 4.69) is 21.4 Å². The van der Waals surface area contributed by atoms with Gasteiger partial charge in [-0.1, -0.05) is 53.2 Å². The highest BCUT2D eigenvalue weighted by atomic mass is 79.9. The van der Waals surface area contributed by atoms with E-state index < -0.39 is 0 Å². The molecule has 0 unspecified atom stereocenters. The van der Waals surface area contributed by atoms with Gasteiger partial charge in [0, 0.05) is 10.0 Å². The smallest absolute Gasteiger partial charge is 0.144 e. The van der Waals surface area contributed by atoms with Gasteiger partial charge in [0.1, 0.15) is 5.84 Å². The lowest BCUT2D eigenvalue weighted by Gasteiger charge is -2.13. The summed E-state index contributed by atoms with van der Waals surface area (Å²) >= 11 is 9.65. The molecule has 0 bridgehead atoms. The molecule has 1 aromatic rings. The lowest BCUT2D eigenvalue weighted by atomic mass is 10.1. The average molecular weight is 345 g/mol. The summed E-state index contributed by atoms with van der Waals surface area (Å²) in [6.45, 7) is 0. The van der Waals surface area contributed by atoms with Gasteiger partial charge in [0.05, 0.1) is 11.1 Å². The first-order valence-corrected chi connectivity index (χ1v) is 7.87. The van der Waals surface area contributed by atoms with E-state index in [1.54, 1.807) is 0 Å². The largest absolute Gasteiger partial charge is 0.308 e. The van der Waals surface area contributed by atoms with Crippen LogP contribution >= 0.6 is 27.5 Å². The Kier molecular flexibility index (Phi) is 5.67. The van der Waals surface area contributed by atoms with E-state index in [9.17, 15) is 0 Å². The predicted octanol–water partition coefficient (Wildman–Crippen LogP) is 4.04. The second kappa shape index (κ2) is 7.27. The quantitative estimate of drug-likeness (QED) is 0.280. The second-order valence-corrected chi connectivity index (χ2v) is 6.21. The Morgan fingerprint density at radius 1 is 1.26 bits per heavy atom. The van der Waals surface area contributed by atoms with Gasteiger partial charge in [0.2, 0.25) is 0 Å². The molecule has 0 amide bonds. The summed E-state index contributed by atoms with van der Waals surface area (Å²) in [5.74, 6) is 6.30. The normalized spacial score (nSPS) is 18.2. The molecule has 0 aromatic heterocycles. The molecule has 0 aliphatic heterocycles. The summed E-state index contributed by atoms with van der Waals surface area (Å²) in [5.41, 5.74) is 3.55. The number of hydrogen-bond acceptors (Lipinski definition) is 2. The van der Waals surface area contributed by atoms with Crippen molar-refractivity contribution in [2.24, 2.45) is 10.8 Å². The third-order valence-corrected chi connectivity index (χ3v) is 4.27. The summed E-state index contributed by atoms with van der Waals surface area (Å²) in [4.78, 5) is 4.76. The molecule has 1 aliphatic rings. The van der Waals surface area contributed by atoms with Gasteiger partial charge in [-0.15, -0.1) is 0 Å². The molecule has 0 radical (unpaired) electrons. The van der Waals surface area contributed by atoms with E-state index >= 15 is 0 Å². The highest BCUT2D eigenvalue weighted by Crippen LogP contribution is 2.24. The Morgan fingerprint density at radius 3 is 2.53 bits per heavy atom. The number of aliphatic imine (C=N–C) groups is 1. The van der Waals surface area contributed by atoms with E-state index in [-0.39, 0.29) is 0 Å². The molecule has 0 saturated heterocycles. The van der Waals surface area contributed by atoms with Gasteiger partial charge < -0.3 is 5.43 Å². The number of rotatable bonds is 2. The molecule has 1 aliphatic carbocycles. The summed E-state index contributed by atoms with van der Waals surface area (Å²) in [7, 11) is 0. The number of nitrogens with two attached hydrogens (primary N) is 1. The summed E-state index contributed by atoms with van der Waals surface area (Å²) < 4.78 is 0.951. The van der Waals surface area contributed by atoms with Crippen molar-refractivity contribution in [3.63, 3.8) is 0 Å². The van der Waals surface area contributed by atoms with Crippen LogP contribution in [0.15, 0.2) is 27.7 Å². The molecule has 3 N–H and O–H groups in total. The van der Waals surface area contributed by atoms with Gasteiger partial charge in [-0.2, -0.15) is 0 Å². The van der Waals surface area contributed by atoms with Crippen LogP contribution in [0, 0.1) is 0 Å². The van der Waals surface area contributed by atoms with Gasteiger partial charge in [-0.25, -0.2) is 5.84 Å². The van der Waals surface area contributed by atoms with Crippen molar-refractivity contribution in [3.8, 4) is 0 Å². The molecular formula is C14H19BrClN3. The third-order valence-electron chi connectivity index (χ3n) is 3.46. The first-order chi connectivity index (χ1) is 9.20. The molecule has 0 atom stereocenters. The van der Waals surface area contributed by atoms with Crippen molar-refractivity contribution in [3.05, 3.63) is 33.3 Å². The minimum atomic E-state index is 0.355. The standard InChI is InChI=1S/C14H19BrClN3/c15-10-7-8-12(13(16)9-10)14(19-17)18-11-5-3-1-2-4-6-11/h7-9,11H,1-6,17H2,(H,18,19). The first-order valence-electron chi connectivity index (χ1n) is 6.70. The Bertz CT molecular complexity index is 454. The van der Waals surface area contributed by atoms with Crippen molar-refractivity contribution in [2.75, 3.05) is 0 Å². The maximum Gasteiger partial charge on any atom is 0.144 e. The van der Waals surface area contributed by atoms with Crippen LogP contribution in [0.2, 0.25) is 5.02 Å². The maximum atomic E-state index is 6.25. The van der Waals surface area contributed by atoms with Crippen LogP contribution in [0.3, 0.4) is 0 Å². The van der Waals surface area contributed by atoms with Gasteiger partial charge in [0.25, 0.3) is 0 Å². The Hall–Kier alpha value is -0.580. The fourth-order valence-electron chi connectivity index (χ4n) is 2.44. The molecule has 104 valence electrons. The van der Waals surface area contributed by atoms with Gasteiger partial charge >= 0.3 is 0 Å². The number of halogens is 2. The van der Waals surface area contributed by atoms with Crippen LogP contribution in [0.25, 0.3) is 0 Å². The molecule has 19 heavy (non-hydrogen) atoms. The van der Waals surface area contributed by atoms with Crippen LogP contribution in [0.4, 0.5) is 0 Å². The Morgan fingerprint density at radius 2 is 1.95 bits per heavy atom. The van der Waals surface area contributed by atoms with Crippen molar-refractivity contribution in [2.45, 2.75) is 44.6 Å². The third kappa shape index (κ3) is 4.20.